The highest BCUT2D eigenvalue weighted by molar-refractivity contribution is 5.99. The molecule has 2 fully saturated rings. The van der Waals surface area contributed by atoms with Gasteiger partial charge in [0.25, 0.3) is 0 Å². The van der Waals surface area contributed by atoms with Gasteiger partial charge in [-0.25, -0.2) is 0 Å². The van der Waals surface area contributed by atoms with Crippen LogP contribution in [-0.4, -0.2) is 34.3 Å². The third kappa shape index (κ3) is 1.91. The van der Waals surface area contributed by atoms with Crippen LogP contribution < -0.4 is 5.32 Å². The molecule has 4 heteroatoms. The Morgan fingerprint density at radius 1 is 1.44 bits per heavy atom. The van der Waals surface area contributed by atoms with Crippen molar-refractivity contribution in [2.24, 2.45) is 5.92 Å². The van der Waals surface area contributed by atoms with E-state index in [2.05, 4.69) is 12.2 Å². The van der Waals surface area contributed by atoms with Crippen LogP contribution in [0.5, 0.6) is 0 Å². The highest BCUT2D eigenvalue weighted by Gasteiger charge is 2.48. The minimum atomic E-state index is -0.721. The van der Waals surface area contributed by atoms with Crippen LogP contribution in [0.3, 0.4) is 0 Å². The van der Waals surface area contributed by atoms with Crippen LogP contribution in [0, 0.1) is 5.92 Å². The molecule has 1 saturated heterocycles. The normalized spacial score (nSPS) is 35.1. The number of nitrogens with zero attached hydrogens (tertiary/aromatic N) is 1. The summed E-state index contributed by atoms with van der Waals surface area (Å²) in [6.07, 6.45) is 4.26. The summed E-state index contributed by atoms with van der Waals surface area (Å²) in [6.45, 7) is 7.70. The molecule has 1 saturated carbocycles. The molecule has 3 unspecified atom stereocenters. The van der Waals surface area contributed by atoms with Crippen LogP contribution in [0.1, 0.15) is 53.4 Å². The second-order valence-electron chi connectivity index (χ2n) is 5.99. The van der Waals surface area contributed by atoms with Crippen LogP contribution >= 0.6 is 0 Å². The SMILES string of the molecule is CCC1(C)NC(=O)C(C)N(C(C)C2CCC2)C1=O. The largest absolute Gasteiger partial charge is 0.340 e. The zero-order valence-electron chi connectivity index (χ0n) is 11.8. The van der Waals surface area contributed by atoms with E-state index in [1.807, 2.05) is 25.7 Å². The first-order chi connectivity index (χ1) is 8.40. The fourth-order valence-electron chi connectivity index (χ4n) is 2.94. The Bertz CT molecular complexity index is 365. The van der Waals surface area contributed by atoms with E-state index in [-0.39, 0.29) is 23.9 Å². The van der Waals surface area contributed by atoms with Crippen molar-refractivity contribution in [1.29, 1.82) is 0 Å². The van der Waals surface area contributed by atoms with E-state index in [0.29, 0.717) is 12.3 Å². The summed E-state index contributed by atoms with van der Waals surface area (Å²) in [7, 11) is 0. The zero-order valence-corrected chi connectivity index (χ0v) is 11.8. The fourth-order valence-corrected chi connectivity index (χ4v) is 2.94. The van der Waals surface area contributed by atoms with Crippen molar-refractivity contribution in [3.63, 3.8) is 0 Å². The molecule has 2 aliphatic rings. The van der Waals surface area contributed by atoms with E-state index >= 15 is 0 Å². The Morgan fingerprint density at radius 3 is 2.50 bits per heavy atom. The summed E-state index contributed by atoms with van der Waals surface area (Å²) in [6, 6.07) is -0.161. The molecule has 0 aromatic rings. The third-order valence-corrected chi connectivity index (χ3v) is 4.88. The first-order valence-electron chi connectivity index (χ1n) is 7.05. The van der Waals surface area contributed by atoms with Crippen LogP contribution in [0.4, 0.5) is 0 Å². The Kier molecular flexibility index (Phi) is 3.39. The van der Waals surface area contributed by atoms with Crippen LogP contribution in [-0.2, 0) is 9.59 Å². The number of rotatable bonds is 3. The van der Waals surface area contributed by atoms with E-state index in [0.717, 1.165) is 0 Å². The molecule has 0 radical (unpaired) electrons. The number of nitrogens with one attached hydrogen (secondary N) is 1. The monoisotopic (exact) mass is 252 g/mol. The van der Waals surface area contributed by atoms with Crippen LogP contribution in [0.15, 0.2) is 0 Å². The minimum Gasteiger partial charge on any atom is -0.340 e. The van der Waals surface area contributed by atoms with Gasteiger partial charge in [0.15, 0.2) is 0 Å². The minimum absolute atomic E-state index is 0.0230. The predicted molar refractivity (Wildman–Crippen MR) is 69.9 cm³/mol. The number of hydrogen-bond acceptors (Lipinski definition) is 2. The van der Waals surface area contributed by atoms with Gasteiger partial charge in [-0.15, -0.1) is 0 Å². The molecule has 0 aromatic heterocycles. The van der Waals surface area contributed by atoms with E-state index < -0.39 is 5.54 Å². The Morgan fingerprint density at radius 2 is 2.06 bits per heavy atom. The Labute approximate surface area is 109 Å². The highest BCUT2D eigenvalue weighted by atomic mass is 16.2. The van der Waals surface area contributed by atoms with E-state index in [4.69, 9.17) is 0 Å². The van der Waals surface area contributed by atoms with Crippen LogP contribution in [0.2, 0.25) is 0 Å². The number of piperazine rings is 1. The smallest absolute Gasteiger partial charge is 0.248 e. The first kappa shape index (κ1) is 13.4. The third-order valence-electron chi connectivity index (χ3n) is 4.88. The van der Waals surface area contributed by atoms with Gasteiger partial charge in [-0.05, 0) is 46.0 Å². The second kappa shape index (κ2) is 4.56. The molecule has 2 amide bonds. The summed E-state index contributed by atoms with van der Waals surface area (Å²) >= 11 is 0. The Balaban J connectivity index is 2.24. The van der Waals surface area contributed by atoms with Crippen molar-refractivity contribution in [3.05, 3.63) is 0 Å². The average molecular weight is 252 g/mol. The first-order valence-corrected chi connectivity index (χ1v) is 7.05. The number of carbonyl (C=O) groups is 2. The summed E-state index contributed by atoms with van der Waals surface area (Å²) in [5, 5.41) is 2.87. The molecule has 2 rings (SSSR count). The lowest BCUT2D eigenvalue weighted by atomic mass is 9.78. The molecule has 1 N–H and O–H groups in total. The standard InChI is InChI=1S/C14H24N2O2/c1-5-14(4)13(18)16(10(3)12(17)15-14)9(2)11-7-6-8-11/h9-11H,5-8H2,1-4H3,(H,15,17). The van der Waals surface area contributed by atoms with E-state index in [9.17, 15) is 9.59 Å². The van der Waals surface area contributed by atoms with Crippen molar-refractivity contribution in [3.8, 4) is 0 Å². The van der Waals surface area contributed by atoms with Crippen molar-refractivity contribution in [2.45, 2.75) is 71.0 Å². The molecule has 1 aliphatic heterocycles. The summed E-state index contributed by atoms with van der Waals surface area (Å²) < 4.78 is 0. The van der Waals surface area contributed by atoms with E-state index in [1.165, 1.54) is 19.3 Å². The number of carbonyl (C=O) groups excluding carboxylic acids is 2. The summed E-state index contributed by atoms with van der Waals surface area (Å²) in [5.41, 5.74) is -0.721. The maximum absolute atomic E-state index is 12.6. The van der Waals surface area contributed by atoms with Gasteiger partial charge in [0.05, 0.1) is 0 Å². The zero-order chi connectivity index (χ0) is 13.5. The molecule has 4 nitrogen and oxygen atoms in total. The van der Waals surface area contributed by atoms with Crippen LogP contribution in [0.25, 0.3) is 0 Å². The van der Waals surface area contributed by atoms with Crippen molar-refractivity contribution >= 4 is 11.8 Å². The molecule has 0 spiro atoms. The van der Waals surface area contributed by atoms with Gasteiger partial charge in [0, 0.05) is 6.04 Å². The molecule has 1 aliphatic carbocycles. The van der Waals surface area contributed by atoms with Gasteiger partial charge in [0.1, 0.15) is 11.6 Å². The summed E-state index contributed by atoms with van der Waals surface area (Å²) in [4.78, 5) is 26.5. The summed E-state index contributed by atoms with van der Waals surface area (Å²) in [5.74, 6) is 0.630. The van der Waals surface area contributed by atoms with E-state index in [1.54, 1.807) is 0 Å². The molecule has 3 atom stereocenters. The van der Waals surface area contributed by atoms with Gasteiger partial charge in [-0.2, -0.15) is 0 Å². The van der Waals surface area contributed by atoms with Gasteiger partial charge < -0.3 is 10.2 Å². The lowest BCUT2D eigenvalue weighted by Crippen LogP contribution is -2.70. The van der Waals surface area contributed by atoms with Crippen molar-refractivity contribution < 1.29 is 9.59 Å². The molecule has 0 bridgehead atoms. The van der Waals surface area contributed by atoms with Gasteiger partial charge in [-0.1, -0.05) is 13.3 Å². The number of hydrogen-bond donors (Lipinski definition) is 1. The van der Waals surface area contributed by atoms with Gasteiger partial charge >= 0.3 is 0 Å². The fraction of sp³-hybridized carbons (Fsp3) is 0.857. The average Bonchev–Trinajstić information content (AvgIpc) is 2.24. The second-order valence-corrected chi connectivity index (χ2v) is 5.99. The quantitative estimate of drug-likeness (QED) is 0.831. The molecule has 1 heterocycles. The van der Waals surface area contributed by atoms with Gasteiger partial charge in [0.2, 0.25) is 11.8 Å². The lowest BCUT2D eigenvalue weighted by Gasteiger charge is -2.49. The molecule has 0 aromatic carbocycles. The Hall–Kier alpha value is -1.06. The molecular formula is C14H24N2O2. The van der Waals surface area contributed by atoms with Crippen molar-refractivity contribution in [2.75, 3.05) is 0 Å². The predicted octanol–water partition coefficient (Wildman–Crippen LogP) is 1.69. The van der Waals surface area contributed by atoms with Gasteiger partial charge in [-0.3, -0.25) is 9.59 Å². The topological polar surface area (TPSA) is 49.4 Å². The maximum Gasteiger partial charge on any atom is 0.248 e. The maximum atomic E-state index is 12.6. The number of amides is 2. The molecular weight excluding hydrogens is 228 g/mol. The molecule has 102 valence electrons. The highest BCUT2D eigenvalue weighted by Crippen LogP contribution is 2.35. The van der Waals surface area contributed by atoms with Crippen molar-refractivity contribution in [1.82, 2.24) is 10.2 Å². The molecule has 18 heavy (non-hydrogen) atoms. The lowest BCUT2D eigenvalue weighted by molar-refractivity contribution is -0.158.